The van der Waals surface area contributed by atoms with E-state index in [1.807, 2.05) is 32.0 Å². The maximum Gasteiger partial charge on any atom is 0.508 e. The highest BCUT2D eigenvalue weighted by molar-refractivity contribution is 7.82. The fourth-order valence-corrected chi connectivity index (χ4v) is 3.64. The molecule has 0 aliphatic heterocycles. The molecule has 2 aromatic carbocycles. The molecule has 0 amide bonds. The second kappa shape index (κ2) is 12.5. The van der Waals surface area contributed by atoms with Gasteiger partial charge in [0.2, 0.25) is 0 Å². The monoisotopic (exact) mass is 506 g/mol. The zero-order valence-electron chi connectivity index (χ0n) is 19.4. The lowest BCUT2D eigenvalue weighted by Gasteiger charge is -2.10. The zero-order chi connectivity index (χ0) is 25.4. The summed E-state index contributed by atoms with van der Waals surface area (Å²) in [6, 6.07) is 9.95. The third-order valence-corrected chi connectivity index (χ3v) is 5.67. The van der Waals surface area contributed by atoms with E-state index in [1.54, 1.807) is 0 Å². The molecule has 12 heteroatoms. The Morgan fingerprint density at radius 3 is 2.66 bits per heavy atom. The number of benzene rings is 2. The SMILES string of the molecule is Cc1ccc(C)c(Cc2nc(COC(=O)OCCOCCO)nn2-c2ccc(S(N)=O)cc2F)c1. The van der Waals surface area contributed by atoms with Gasteiger partial charge in [-0.25, -0.2) is 28.2 Å². The van der Waals surface area contributed by atoms with Crippen LogP contribution < -0.4 is 5.14 Å². The number of aromatic nitrogens is 3. The van der Waals surface area contributed by atoms with Gasteiger partial charge >= 0.3 is 6.16 Å². The van der Waals surface area contributed by atoms with Crippen LogP contribution in [0.2, 0.25) is 0 Å². The Morgan fingerprint density at radius 2 is 1.94 bits per heavy atom. The van der Waals surface area contributed by atoms with E-state index in [2.05, 4.69) is 10.1 Å². The van der Waals surface area contributed by atoms with Gasteiger partial charge in [0.25, 0.3) is 0 Å². The topological polar surface area (TPSA) is 139 Å². The number of nitrogens with zero attached hydrogens (tertiary/aromatic N) is 3. The van der Waals surface area contributed by atoms with Crippen molar-refractivity contribution >= 4 is 17.1 Å². The van der Waals surface area contributed by atoms with Crippen molar-refractivity contribution in [3.8, 4) is 5.69 Å². The molecule has 0 aliphatic rings. The number of hydrogen-bond acceptors (Lipinski definition) is 8. The van der Waals surface area contributed by atoms with Crippen LogP contribution in [-0.4, -0.2) is 56.7 Å². The van der Waals surface area contributed by atoms with Gasteiger partial charge < -0.3 is 19.3 Å². The highest BCUT2D eigenvalue weighted by atomic mass is 32.2. The Balaban J connectivity index is 1.82. The molecule has 0 saturated carbocycles. The predicted molar refractivity (Wildman–Crippen MR) is 125 cm³/mol. The molecule has 0 saturated heterocycles. The van der Waals surface area contributed by atoms with Crippen LogP contribution >= 0.6 is 0 Å². The highest BCUT2D eigenvalue weighted by Crippen LogP contribution is 2.21. The van der Waals surface area contributed by atoms with Crippen molar-refractivity contribution in [1.29, 1.82) is 0 Å². The lowest BCUT2D eigenvalue weighted by Crippen LogP contribution is -2.13. The van der Waals surface area contributed by atoms with Crippen LogP contribution in [0.4, 0.5) is 9.18 Å². The summed E-state index contributed by atoms with van der Waals surface area (Å²) in [5, 5.41) is 18.3. The molecular weight excluding hydrogens is 479 g/mol. The smallest absolute Gasteiger partial charge is 0.432 e. The molecule has 1 unspecified atom stereocenters. The maximum atomic E-state index is 14.9. The number of ether oxygens (including phenoxy) is 3. The van der Waals surface area contributed by atoms with Crippen LogP contribution in [0.1, 0.15) is 28.3 Å². The Hall–Kier alpha value is -3.19. The number of carbonyl (C=O) groups is 1. The largest absolute Gasteiger partial charge is 0.508 e. The minimum absolute atomic E-state index is 0.0430. The van der Waals surface area contributed by atoms with E-state index in [-0.39, 0.29) is 49.4 Å². The Morgan fingerprint density at radius 1 is 1.14 bits per heavy atom. The van der Waals surface area contributed by atoms with E-state index in [0.29, 0.717) is 12.2 Å². The standard InChI is InChI=1S/C23H27FN4O6S/c1-15-3-4-16(2)17(11-15)12-22-26-21(14-34-23(30)33-10-9-32-8-7-29)27-28(22)20-6-5-18(35(25)31)13-19(20)24/h3-6,11,13,29H,7-10,12,14,25H2,1-2H3. The first kappa shape index (κ1) is 26.4. The third kappa shape index (κ3) is 7.39. The van der Waals surface area contributed by atoms with Gasteiger partial charge in [-0.1, -0.05) is 23.8 Å². The molecule has 10 nitrogen and oxygen atoms in total. The number of nitrogens with two attached hydrogens (primary N) is 1. The van der Waals surface area contributed by atoms with E-state index in [1.165, 1.54) is 16.8 Å². The Kier molecular flexibility index (Phi) is 9.43. The average molecular weight is 507 g/mol. The van der Waals surface area contributed by atoms with Gasteiger partial charge in [-0.15, -0.1) is 5.10 Å². The van der Waals surface area contributed by atoms with E-state index in [0.717, 1.165) is 22.8 Å². The molecule has 35 heavy (non-hydrogen) atoms. The van der Waals surface area contributed by atoms with E-state index < -0.39 is 23.0 Å². The first-order chi connectivity index (χ1) is 16.8. The number of rotatable bonds is 11. The third-order valence-electron chi connectivity index (χ3n) is 4.95. The van der Waals surface area contributed by atoms with Gasteiger partial charge in [-0.3, -0.25) is 0 Å². The number of hydrogen-bond donors (Lipinski definition) is 2. The second-order valence-electron chi connectivity index (χ2n) is 7.60. The normalized spacial score (nSPS) is 11.9. The fraction of sp³-hybridized carbons (Fsp3) is 0.348. The molecule has 1 atom stereocenters. The molecule has 0 radical (unpaired) electrons. The summed E-state index contributed by atoms with van der Waals surface area (Å²) < 4.78 is 42.7. The molecule has 0 bridgehead atoms. The summed E-state index contributed by atoms with van der Waals surface area (Å²) in [5.74, 6) is -0.114. The number of aryl methyl sites for hydroxylation is 2. The van der Waals surface area contributed by atoms with Crippen molar-refractivity contribution in [3.05, 3.63) is 70.6 Å². The highest BCUT2D eigenvalue weighted by Gasteiger charge is 2.18. The molecule has 188 valence electrons. The van der Waals surface area contributed by atoms with Gasteiger partial charge in [0.1, 0.15) is 34.9 Å². The number of aliphatic hydroxyl groups excluding tert-OH is 1. The molecule has 0 aliphatic carbocycles. The van der Waals surface area contributed by atoms with Gasteiger partial charge in [-0.2, -0.15) is 0 Å². The minimum Gasteiger partial charge on any atom is -0.432 e. The van der Waals surface area contributed by atoms with Crippen LogP contribution in [0, 0.1) is 19.7 Å². The first-order valence-electron chi connectivity index (χ1n) is 10.7. The van der Waals surface area contributed by atoms with Crippen molar-refractivity contribution in [1.82, 2.24) is 14.8 Å². The average Bonchev–Trinajstić information content (AvgIpc) is 3.22. The molecule has 0 spiro atoms. The summed E-state index contributed by atoms with van der Waals surface area (Å²) >= 11 is 0. The van der Waals surface area contributed by atoms with Crippen LogP contribution in [0.25, 0.3) is 5.69 Å². The quantitative estimate of drug-likeness (QED) is 0.298. The van der Waals surface area contributed by atoms with E-state index in [9.17, 15) is 13.4 Å². The summed E-state index contributed by atoms with van der Waals surface area (Å²) in [6.07, 6.45) is -0.594. The summed E-state index contributed by atoms with van der Waals surface area (Å²) in [5.41, 5.74) is 3.16. The van der Waals surface area contributed by atoms with Gasteiger partial charge in [0.15, 0.2) is 12.4 Å². The maximum absolute atomic E-state index is 14.9. The van der Waals surface area contributed by atoms with Crippen LogP contribution in [0.5, 0.6) is 0 Å². The van der Waals surface area contributed by atoms with Crippen molar-refractivity contribution in [3.63, 3.8) is 0 Å². The molecule has 3 rings (SSSR count). The molecule has 1 heterocycles. The summed E-state index contributed by atoms with van der Waals surface area (Å²) in [4.78, 5) is 16.4. The summed E-state index contributed by atoms with van der Waals surface area (Å²) in [7, 11) is -1.83. The van der Waals surface area contributed by atoms with Crippen LogP contribution in [0.3, 0.4) is 0 Å². The molecule has 1 aromatic heterocycles. The Bertz CT molecular complexity index is 1200. The zero-order valence-corrected chi connectivity index (χ0v) is 20.2. The molecule has 3 aromatic rings. The molecule has 0 fully saturated rings. The minimum atomic E-state index is -1.83. The molecular formula is C23H27FN4O6S. The van der Waals surface area contributed by atoms with E-state index in [4.69, 9.17) is 24.5 Å². The van der Waals surface area contributed by atoms with Crippen molar-refractivity contribution in [2.75, 3.05) is 26.4 Å². The molecule has 3 N–H and O–H groups in total. The Labute approximate surface area is 204 Å². The van der Waals surface area contributed by atoms with Gasteiger partial charge in [0, 0.05) is 6.42 Å². The number of halogens is 1. The van der Waals surface area contributed by atoms with Gasteiger partial charge in [0.05, 0.1) is 24.7 Å². The van der Waals surface area contributed by atoms with Crippen molar-refractivity contribution in [2.24, 2.45) is 5.14 Å². The van der Waals surface area contributed by atoms with E-state index >= 15 is 0 Å². The number of aliphatic hydroxyl groups is 1. The van der Waals surface area contributed by atoms with Crippen LogP contribution in [0.15, 0.2) is 41.3 Å². The van der Waals surface area contributed by atoms with Crippen molar-refractivity contribution < 1.29 is 32.7 Å². The summed E-state index contributed by atoms with van der Waals surface area (Å²) in [6.45, 7) is 3.72. The lowest BCUT2D eigenvalue weighted by atomic mass is 10.0. The second-order valence-corrected chi connectivity index (χ2v) is 8.66. The van der Waals surface area contributed by atoms with Crippen LogP contribution in [-0.2, 0) is 38.2 Å². The fourth-order valence-electron chi connectivity index (χ4n) is 3.22. The van der Waals surface area contributed by atoms with Gasteiger partial charge in [-0.05, 0) is 43.2 Å². The predicted octanol–water partition coefficient (Wildman–Crippen LogP) is 2.26. The van der Waals surface area contributed by atoms with Crippen molar-refractivity contribution in [2.45, 2.75) is 31.8 Å². The number of carbonyl (C=O) groups excluding carboxylic acids is 1. The lowest BCUT2D eigenvalue weighted by molar-refractivity contribution is 0.0163. The first-order valence-corrected chi connectivity index (χ1v) is 11.9.